The van der Waals surface area contributed by atoms with E-state index < -0.39 is 17.8 Å². The smallest absolute Gasteiger partial charge is 0.550 e. The van der Waals surface area contributed by atoms with E-state index >= 15 is 0 Å². The van der Waals surface area contributed by atoms with Gasteiger partial charge >= 0.3 is 25.0 Å². The molecule has 8 heteroatoms. The molecule has 0 amide bonds. The molecule has 20 heavy (non-hydrogen) atoms. The quantitative estimate of drug-likeness (QED) is 0.605. The first kappa shape index (κ1) is 16.9. The number of halogens is 3. The van der Waals surface area contributed by atoms with E-state index in [1.807, 2.05) is 0 Å². The van der Waals surface area contributed by atoms with Crippen LogP contribution in [-0.2, 0) is 11.0 Å². The van der Waals surface area contributed by atoms with Gasteiger partial charge in [0.15, 0.2) is 0 Å². The van der Waals surface area contributed by atoms with Crippen LogP contribution in [0.25, 0.3) is 0 Å². The molecule has 4 nitrogen and oxygen atoms in total. The molecule has 0 radical (unpaired) electrons. The first-order chi connectivity index (χ1) is 8.79. The third-order valence-electron chi connectivity index (χ3n) is 3.40. The standard InChI is InChI=1S/C12H13F3N2O2.Li/c1-7-8(4-11(18)19)6-17(7)9-2-3-16-10(5-9)12(13,14)15;/h2-3,5,7-8H,4,6H2,1H3,(H,18,19);/q;+1/p-1. The van der Waals surface area contributed by atoms with Crippen molar-refractivity contribution in [2.45, 2.75) is 25.6 Å². The molecule has 1 saturated heterocycles. The van der Waals surface area contributed by atoms with Crippen LogP contribution in [0.15, 0.2) is 18.3 Å². The SMILES string of the molecule is CC1C(CC(=O)[O-])CN1c1ccnc(C(F)(F)F)c1.[Li+]. The third-order valence-corrected chi connectivity index (χ3v) is 3.40. The number of carbonyl (C=O) groups excluding carboxylic acids is 1. The number of pyridine rings is 1. The van der Waals surface area contributed by atoms with Crippen LogP contribution in [0.5, 0.6) is 0 Å². The fraction of sp³-hybridized carbons (Fsp3) is 0.500. The molecule has 104 valence electrons. The van der Waals surface area contributed by atoms with Crippen molar-refractivity contribution in [1.82, 2.24) is 4.98 Å². The van der Waals surface area contributed by atoms with Crippen LogP contribution in [-0.4, -0.2) is 23.5 Å². The zero-order valence-electron chi connectivity index (χ0n) is 11.1. The second-order valence-electron chi connectivity index (χ2n) is 4.63. The number of aliphatic carboxylic acids is 1. The van der Waals surface area contributed by atoms with E-state index in [2.05, 4.69) is 4.98 Å². The molecule has 1 aliphatic heterocycles. The Morgan fingerprint density at radius 3 is 2.70 bits per heavy atom. The minimum Gasteiger partial charge on any atom is -0.550 e. The van der Waals surface area contributed by atoms with Crippen LogP contribution in [0.4, 0.5) is 18.9 Å². The largest absolute Gasteiger partial charge is 1.00 e. The Bertz CT molecular complexity index is 496. The van der Waals surface area contributed by atoms with Crippen molar-refractivity contribution < 1.29 is 41.9 Å². The Morgan fingerprint density at radius 2 is 2.20 bits per heavy atom. The van der Waals surface area contributed by atoms with Gasteiger partial charge in [-0.1, -0.05) is 0 Å². The van der Waals surface area contributed by atoms with Crippen molar-refractivity contribution >= 4 is 11.7 Å². The maximum absolute atomic E-state index is 12.5. The van der Waals surface area contributed by atoms with E-state index in [0.717, 1.165) is 12.3 Å². The van der Waals surface area contributed by atoms with Crippen molar-refractivity contribution in [3.05, 3.63) is 24.0 Å². The average Bonchev–Trinajstić information content (AvgIpc) is 2.32. The monoisotopic (exact) mass is 280 g/mol. The van der Waals surface area contributed by atoms with E-state index in [-0.39, 0.29) is 37.2 Å². The fourth-order valence-electron chi connectivity index (χ4n) is 2.23. The molecule has 1 aliphatic rings. The van der Waals surface area contributed by atoms with Gasteiger partial charge in [0.1, 0.15) is 5.69 Å². The maximum Gasteiger partial charge on any atom is 1.00 e. The number of carbonyl (C=O) groups is 1. The van der Waals surface area contributed by atoms with Crippen molar-refractivity contribution in [3.63, 3.8) is 0 Å². The number of alkyl halides is 3. The number of carboxylic acids is 1. The summed E-state index contributed by atoms with van der Waals surface area (Å²) in [6.45, 7) is 2.20. The molecule has 2 rings (SSSR count). The Kier molecular flexibility index (Phi) is 5.11. The summed E-state index contributed by atoms with van der Waals surface area (Å²) >= 11 is 0. The van der Waals surface area contributed by atoms with Gasteiger partial charge < -0.3 is 14.8 Å². The van der Waals surface area contributed by atoms with E-state index in [9.17, 15) is 23.1 Å². The van der Waals surface area contributed by atoms with Gasteiger partial charge in [-0.15, -0.1) is 0 Å². The van der Waals surface area contributed by atoms with Crippen molar-refractivity contribution in [2.24, 2.45) is 5.92 Å². The van der Waals surface area contributed by atoms with E-state index in [4.69, 9.17) is 0 Å². The molecule has 2 unspecified atom stereocenters. The number of anilines is 1. The molecule has 0 aliphatic carbocycles. The molecule has 1 aromatic rings. The van der Waals surface area contributed by atoms with Crippen LogP contribution >= 0.6 is 0 Å². The van der Waals surface area contributed by atoms with Gasteiger partial charge in [-0.05, 0) is 25.5 Å². The minimum absolute atomic E-state index is 0. The van der Waals surface area contributed by atoms with Crippen LogP contribution in [0.1, 0.15) is 19.0 Å². The Labute approximate surface area is 126 Å². The molecule has 0 N–H and O–H groups in total. The summed E-state index contributed by atoms with van der Waals surface area (Å²) in [5.74, 6) is -1.23. The Hall–Kier alpha value is -1.19. The van der Waals surface area contributed by atoms with Gasteiger partial charge in [0.25, 0.3) is 0 Å². The number of carboxylic acid groups (broad SMARTS) is 1. The molecule has 1 fully saturated rings. The second-order valence-corrected chi connectivity index (χ2v) is 4.63. The molecular formula is C12H12F3LiN2O2. The first-order valence-corrected chi connectivity index (χ1v) is 5.79. The fourth-order valence-corrected chi connectivity index (χ4v) is 2.23. The van der Waals surface area contributed by atoms with Crippen molar-refractivity contribution in [2.75, 3.05) is 11.4 Å². The van der Waals surface area contributed by atoms with Crippen molar-refractivity contribution in [1.29, 1.82) is 0 Å². The third kappa shape index (κ3) is 3.47. The Morgan fingerprint density at radius 1 is 1.55 bits per heavy atom. The molecule has 0 bridgehead atoms. The molecule has 2 heterocycles. The molecular weight excluding hydrogens is 268 g/mol. The predicted octanol–water partition coefficient (Wildman–Crippen LogP) is -1.93. The second kappa shape index (κ2) is 6.06. The molecule has 0 spiro atoms. The van der Waals surface area contributed by atoms with Gasteiger partial charge in [-0.3, -0.25) is 4.98 Å². The maximum atomic E-state index is 12.5. The van der Waals surface area contributed by atoms with Gasteiger partial charge in [0, 0.05) is 36.4 Å². The van der Waals surface area contributed by atoms with Gasteiger partial charge in [0.2, 0.25) is 0 Å². The summed E-state index contributed by atoms with van der Waals surface area (Å²) in [7, 11) is 0. The number of hydrogen-bond acceptors (Lipinski definition) is 4. The predicted molar refractivity (Wildman–Crippen MR) is 59.2 cm³/mol. The number of aromatic nitrogens is 1. The number of rotatable bonds is 3. The van der Waals surface area contributed by atoms with E-state index in [0.29, 0.717) is 12.2 Å². The molecule has 0 aromatic carbocycles. The van der Waals surface area contributed by atoms with Gasteiger partial charge in [-0.25, -0.2) is 0 Å². The van der Waals surface area contributed by atoms with E-state index in [1.165, 1.54) is 6.07 Å². The summed E-state index contributed by atoms with van der Waals surface area (Å²) in [4.78, 5) is 15.5. The number of hydrogen-bond donors (Lipinski definition) is 0. The summed E-state index contributed by atoms with van der Waals surface area (Å²) < 4.78 is 37.6. The Balaban J connectivity index is 0.00000200. The van der Waals surface area contributed by atoms with Crippen molar-refractivity contribution in [3.8, 4) is 0 Å². The zero-order valence-corrected chi connectivity index (χ0v) is 11.1. The summed E-state index contributed by atoms with van der Waals surface area (Å²) in [6.07, 6.45) is -3.44. The minimum atomic E-state index is -4.48. The zero-order chi connectivity index (χ0) is 14.2. The molecule has 2 atom stereocenters. The van der Waals surface area contributed by atoms with E-state index in [1.54, 1.807) is 11.8 Å². The van der Waals surface area contributed by atoms with Crippen LogP contribution in [0.3, 0.4) is 0 Å². The summed E-state index contributed by atoms with van der Waals surface area (Å²) in [5, 5.41) is 10.5. The van der Waals surface area contributed by atoms with Gasteiger partial charge in [0.05, 0.1) is 0 Å². The summed E-state index contributed by atoms with van der Waals surface area (Å²) in [6, 6.07) is 2.34. The van der Waals surface area contributed by atoms with Crippen LogP contribution in [0.2, 0.25) is 0 Å². The summed E-state index contributed by atoms with van der Waals surface area (Å²) in [5.41, 5.74) is -0.537. The average molecular weight is 280 g/mol. The molecule has 0 saturated carbocycles. The number of nitrogens with zero attached hydrogens (tertiary/aromatic N) is 2. The van der Waals surface area contributed by atoms with Crippen LogP contribution in [0, 0.1) is 5.92 Å². The molecule has 1 aromatic heterocycles. The first-order valence-electron chi connectivity index (χ1n) is 5.79. The topological polar surface area (TPSA) is 56.3 Å². The van der Waals surface area contributed by atoms with Crippen LogP contribution < -0.4 is 28.9 Å². The normalized spacial score (nSPS) is 21.9. The van der Waals surface area contributed by atoms with Gasteiger partial charge in [-0.2, -0.15) is 13.2 Å².